The summed E-state index contributed by atoms with van der Waals surface area (Å²) in [6, 6.07) is 9.42. The van der Waals surface area contributed by atoms with Crippen LogP contribution in [0.2, 0.25) is 0 Å². The van der Waals surface area contributed by atoms with E-state index in [1.165, 1.54) is 11.2 Å². The van der Waals surface area contributed by atoms with Crippen LogP contribution in [0.5, 0.6) is 5.75 Å². The molecule has 1 N–H and O–H groups in total. The molecule has 1 aromatic carbocycles. The number of amides is 1. The van der Waals surface area contributed by atoms with Crippen molar-refractivity contribution in [3.05, 3.63) is 54.4 Å². The van der Waals surface area contributed by atoms with E-state index in [-0.39, 0.29) is 24.8 Å². The van der Waals surface area contributed by atoms with E-state index < -0.39 is 0 Å². The number of aromatic nitrogens is 2. The van der Waals surface area contributed by atoms with Crippen molar-refractivity contribution in [2.75, 3.05) is 20.2 Å². The van der Waals surface area contributed by atoms with Gasteiger partial charge in [-0.15, -0.1) is 0 Å². The van der Waals surface area contributed by atoms with Crippen molar-refractivity contribution in [1.82, 2.24) is 14.9 Å². The number of aliphatic hydroxyl groups is 1. The quantitative estimate of drug-likeness (QED) is 0.709. The van der Waals surface area contributed by atoms with Gasteiger partial charge < -0.3 is 19.2 Å². The van der Waals surface area contributed by atoms with E-state index >= 15 is 0 Å². The summed E-state index contributed by atoms with van der Waals surface area (Å²) in [5, 5.41) is 9.80. The van der Waals surface area contributed by atoms with Crippen LogP contribution in [0, 0.1) is 0 Å². The molecule has 0 aliphatic carbocycles. The zero-order valence-corrected chi connectivity index (χ0v) is 13.9. The summed E-state index contributed by atoms with van der Waals surface area (Å²) in [6.45, 7) is 0.620. The fourth-order valence-corrected chi connectivity index (χ4v) is 2.37. The molecule has 7 heteroatoms. The number of nitrogens with zero attached hydrogens (tertiary/aromatic N) is 3. The zero-order valence-electron chi connectivity index (χ0n) is 13.9. The highest BCUT2D eigenvalue weighted by molar-refractivity contribution is 5.91. The van der Waals surface area contributed by atoms with Crippen molar-refractivity contribution < 1.29 is 19.1 Å². The minimum absolute atomic E-state index is 0.0385. The SMILES string of the molecule is CN(CCCO)C(=O)c1coc(COc2ccc3ncccc3c2)n1. The van der Waals surface area contributed by atoms with E-state index in [2.05, 4.69) is 9.97 Å². The Morgan fingerprint density at radius 1 is 1.36 bits per heavy atom. The molecule has 0 radical (unpaired) electrons. The number of rotatable bonds is 7. The molecule has 0 aliphatic heterocycles. The fraction of sp³-hybridized carbons (Fsp3) is 0.278. The monoisotopic (exact) mass is 341 g/mol. The summed E-state index contributed by atoms with van der Waals surface area (Å²) in [5.41, 5.74) is 1.12. The zero-order chi connectivity index (χ0) is 17.6. The highest BCUT2D eigenvalue weighted by Gasteiger charge is 2.16. The molecule has 2 heterocycles. The van der Waals surface area contributed by atoms with Gasteiger partial charge in [-0.25, -0.2) is 4.98 Å². The van der Waals surface area contributed by atoms with E-state index in [1.807, 2.05) is 30.3 Å². The lowest BCUT2D eigenvalue weighted by molar-refractivity contribution is 0.0780. The van der Waals surface area contributed by atoms with E-state index in [9.17, 15) is 4.79 Å². The molecule has 7 nitrogen and oxygen atoms in total. The Kier molecular flexibility index (Phi) is 5.25. The first kappa shape index (κ1) is 16.9. The summed E-state index contributed by atoms with van der Waals surface area (Å²) in [4.78, 5) is 22.1. The smallest absolute Gasteiger partial charge is 0.275 e. The second-order valence-corrected chi connectivity index (χ2v) is 5.58. The number of pyridine rings is 1. The van der Waals surface area contributed by atoms with Gasteiger partial charge in [0.2, 0.25) is 5.89 Å². The summed E-state index contributed by atoms with van der Waals surface area (Å²) in [7, 11) is 1.66. The third-order valence-corrected chi connectivity index (χ3v) is 3.71. The van der Waals surface area contributed by atoms with Crippen molar-refractivity contribution in [2.24, 2.45) is 0 Å². The standard InChI is InChI=1S/C18H19N3O4/c1-21(8-3-9-22)18(23)16-11-25-17(20-16)12-24-14-5-6-15-13(10-14)4-2-7-19-15/h2,4-7,10-11,22H,3,8-9,12H2,1H3. The largest absolute Gasteiger partial charge is 0.484 e. The highest BCUT2D eigenvalue weighted by atomic mass is 16.5. The summed E-state index contributed by atoms with van der Waals surface area (Å²) in [5.74, 6) is 0.747. The molecule has 0 saturated heterocycles. The van der Waals surface area contributed by atoms with E-state index in [1.54, 1.807) is 13.2 Å². The van der Waals surface area contributed by atoms with Crippen molar-refractivity contribution in [3.8, 4) is 5.75 Å². The predicted molar refractivity (Wildman–Crippen MR) is 91.2 cm³/mol. The Hall–Kier alpha value is -2.93. The minimum Gasteiger partial charge on any atom is -0.484 e. The van der Waals surface area contributed by atoms with Crippen molar-refractivity contribution in [3.63, 3.8) is 0 Å². The molecule has 0 fully saturated rings. The first-order chi connectivity index (χ1) is 12.2. The van der Waals surface area contributed by atoms with Crippen molar-refractivity contribution in [2.45, 2.75) is 13.0 Å². The van der Waals surface area contributed by atoms with Gasteiger partial charge in [-0.05, 0) is 30.7 Å². The molecule has 0 bridgehead atoms. The van der Waals surface area contributed by atoms with Gasteiger partial charge in [-0.2, -0.15) is 0 Å². The van der Waals surface area contributed by atoms with Crippen molar-refractivity contribution in [1.29, 1.82) is 0 Å². The average molecular weight is 341 g/mol. The van der Waals surface area contributed by atoms with Gasteiger partial charge in [0.25, 0.3) is 5.91 Å². The second kappa shape index (κ2) is 7.76. The molecule has 130 valence electrons. The molecule has 1 amide bonds. The number of benzene rings is 1. The number of carbonyl (C=O) groups is 1. The highest BCUT2D eigenvalue weighted by Crippen LogP contribution is 2.20. The summed E-state index contributed by atoms with van der Waals surface area (Å²) < 4.78 is 11.0. The van der Waals surface area contributed by atoms with Crippen LogP contribution in [-0.4, -0.2) is 46.1 Å². The van der Waals surface area contributed by atoms with Gasteiger partial charge >= 0.3 is 0 Å². The predicted octanol–water partition coefficient (Wildman–Crippen LogP) is 2.26. The van der Waals surface area contributed by atoms with Gasteiger partial charge in [-0.1, -0.05) is 6.07 Å². The molecular formula is C18H19N3O4. The normalized spacial score (nSPS) is 10.8. The van der Waals surface area contributed by atoms with Crippen LogP contribution in [0.15, 0.2) is 47.2 Å². The first-order valence-electron chi connectivity index (χ1n) is 7.95. The Morgan fingerprint density at radius 2 is 2.24 bits per heavy atom. The van der Waals surface area contributed by atoms with Crippen LogP contribution in [0.1, 0.15) is 22.8 Å². The molecule has 3 aromatic rings. The molecule has 0 aliphatic rings. The van der Waals surface area contributed by atoms with Crippen LogP contribution in [-0.2, 0) is 6.61 Å². The van der Waals surface area contributed by atoms with Crippen LogP contribution in [0.4, 0.5) is 0 Å². The number of carbonyl (C=O) groups excluding carboxylic acids is 1. The van der Waals surface area contributed by atoms with Gasteiger partial charge in [0.1, 0.15) is 12.0 Å². The maximum Gasteiger partial charge on any atom is 0.275 e. The van der Waals surface area contributed by atoms with E-state index in [4.69, 9.17) is 14.3 Å². The Balaban J connectivity index is 1.61. The van der Waals surface area contributed by atoms with Gasteiger partial charge in [-0.3, -0.25) is 9.78 Å². The van der Waals surface area contributed by atoms with Crippen LogP contribution < -0.4 is 4.74 Å². The lowest BCUT2D eigenvalue weighted by Gasteiger charge is -2.14. The number of ether oxygens (including phenoxy) is 1. The first-order valence-corrected chi connectivity index (χ1v) is 7.95. The average Bonchev–Trinajstić information content (AvgIpc) is 3.12. The minimum atomic E-state index is -0.250. The van der Waals surface area contributed by atoms with Crippen molar-refractivity contribution >= 4 is 16.8 Å². The van der Waals surface area contributed by atoms with E-state index in [0.717, 1.165) is 10.9 Å². The molecule has 3 rings (SSSR count). The van der Waals surface area contributed by atoms with Gasteiger partial charge in [0.05, 0.1) is 5.52 Å². The second-order valence-electron chi connectivity index (χ2n) is 5.58. The Morgan fingerprint density at radius 3 is 3.08 bits per heavy atom. The number of oxazole rings is 1. The maximum absolute atomic E-state index is 12.2. The van der Waals surface area contributed by atoms with Crippen LogP contribution in [0.25, 0.3) is 10.9 Å². The van der Waals surface area contributed by atoms with E-state index in [0.29, 0.717) is 24.6 Å². The number of fused-ring (bicyclic) bond motifs is 1. The molecule has 0 unspecified atom stereocenters. The number of aliphatic hydroxyl groups excluding tert-OH is 1. The topological polar surface area (TPSA) is 88.7 Å². The fourth-order valence-electron chi connectivity index (χ4n) is 2.37. The number of hydrogen-bond acceptors (Lipinski definition) is 6. The Bertz CT molecular complexity index is 862. The van der Waals surface area contributed by atoms with Gasteiger partial charge in [0.15, 0.2) is 12.3 Å². The third kappa shape index (κ3) is 4.13. The summed E-state index contributed by atoms with van der Waals surface area (Å²) in [6.07, 6.45) is 3.58. The molecule has 0 saturated carbocycles. The lowest BCUT2D eigenvalue weighted by atomic mass is 10.2. The lowest BCUT2D eigenvalue weighted by Crippen LogP contribution is -2.28. The Labute approximate surface area is 144 Å². The number of hydrogen-bond donors (Lipinski definition) is 1. The molecule has 0 spiro atoms. The van der Waals surface area contributed by atoms with Crippen LogP contribution in [0.3, 0.4) is 0 Å². The van der Waals surface area contributed by atoms with Crippen LogP contribution >= 0.6 is 0 Å². The maximum atomic E-state index is 12.2. The molecule has 2 aromatic heterocycles. The molecule has 25 heavy (non-hydrogen) atoms. The third-order valence-electron chi connectivity index (χ3n) is 3.71. The molecular weight excluding hydrogens is 322 g/mol. The summed E-state index contributed by atoms with van der Waals surface area (Å²) >= 11 is 0. The van der Waals surface area contributed by atoms with Gasteiger partial charge in [0, 0.05) is 31.8 Å². The molecule has 0 atom stereocenters.